The Bertz CT molecular complexity index is 1930. The molecule has 0 aromatic heterocycles. The highest BCUT2D eigenvalue weighted by Gasteiger charge is 2.70. The number of rotatable bonds is 8. The molecule has 0 saturated carbocycles. The van der Waals surface area contributed by atoms with Gasteiger partial charge in [-0.15, -0.1) is 0 Å². The number of ether oxygens (including phenoxy) is 1. The number of hydrogen-bond donors (Lipinski definition) is 1. The zero-order chi connectivity index (χ0) is 31.3. The number of nitro groups is 1. The van der Waals surface area contributed by atoms with Gasteiger partial charge in [0, 0.05) is 35.1 Å². The molecule has 0 radical (unpaired) electrons. The van der Waals surface area contributed by atoms with Crippen LogP contribution in [0.2, 0.25) is 0 Å². The summed E-state index contributed by atoms with van der Waals surface area (Å²) < 4.78 is 5.62. The van der Waals surface area contributed by atoms with Crippen LogP contribution in [0.3, 0.4) is 0 Å². The fourth-order valence-electron chi connectivity index (χ4n) is 7.16. The van der Waals surface area contributed by atoms with Crippen LogP contribution in [0.15, 0.2) is 116 Å². The molecule has 7 rings (SSSR count). The molecule has 222 valence electrons. The lowest BCUT2D eigenvalue weighted by molar-refractivity contribution is -0.384. The fraction of sp³-hybridized carbons (Fsp3) is 0.139. The number of nitrogens with one attached hydrogen (secondary N) is 1. The maximum absolute atomic E-state index is 14.9. The van der Waals surface area contributed by atoms with Gasteiger partial charge in [-0.05, 0) is 53.1 Å². The highest BCUT2D eigenvalue weighted by Crippen LogP contribution is 2.62. The molecular formula is C36H27N3O6. The second kappa shape index (κ2) is 10.7. The van der Waals surface area contributed by atoms with E-state index in [1.807, 2.05) is 48.5 Å². The first-order valence-corrected chi connectivity index (χ1v) is 14.5. The smallest absolute Gasteiger partial charge is 0.270 e. The van der Waals surface area contributed by atoms with Gasteiger partial charge in [-0.2, -0.15) is 0 Å². The van der Waals surface area contributed by atoms with Crippen molar-refractivity contribution in [1.29, 1.82) is 0 Å². The topological polar surface area (TPSA) is 119 Å². The van der Waals surface area contributed by atoms with Crippen LogP contribution in [0.25, 0.3) is 6.08 Å². The third-order valence-electron chi connectivity index (χ3n) is 8.97. The van der Waals surface area contributed by atoms with Gasteiger partial charge in [-0.25, -0.2) is 0 Å². The van der Waals surface area contributed by atoms with Gasteiger partial charge in [0.15, 0.2) is 11.6 Å². The molecule has 1 spiro atoms. The van der Waals surface area contributed by atoms with E-state index in [0.29, 0.717) is 22.6 Å². The minimum atomic E-state index is -1.51. The van der Waals surface area contributed by atoms with Gasteiger partial charge in [0.05, 0.1) is 16.9 Å². The number of benzene rings is 4. The second-order valence-corrected chi connectivity index (χ2v) is 11.2. The van der Waals surface area contributed by atoms with E-state index in [1.165, 1.54) is 24.3 Å². The fourth-order valence-corrected chi connectivity index (χ4v) is 7.16. The number of Topliss-reactive ketones (excluding diaryl/α,β-unsaturated/α-hetero) is 2. The summed E-state index contributed by atoms with van der Waals surface area (Å²) in [6, 6.07) is 25.1. The summed E-state index contributed by atoms with van der Waals surface area (Å²) in [4.78, 5) is 57.0. The summed E-state index contributed by atoms with van der Waals surface area (Å²) in [6.45, 7) is 3.95. The van der Waals surface area contributed by atoms with E-state index in [4.69, 9.17) is 4.74 Å². The van der Waals surface area contributed by atoms with Crippen LogP contribution < -0.4 is 10.1 Å². The summed E-state index contributed by atoms with van der Waals surface area (Å²) >= 11 is 0. The number of amides is 1. The molecule has 0 aliphatic carbocycles. The SMILES string of the molecule is C=CCOc1ccc(C(=O)[C@@H]2[C@H](C(=O)c3cccc([N+](=O)[O-])c3)N3C=Cc4ccccc4[C@@H]3[C@]23C(=O)Nc2ccccc23)cc1. The average molecular weight is 598 g/mol. The number of fused-ring (bicyclic) bond motifs is 6. The van der Waals surface area contributed by atoms with Crippen molar-refractivity contribution in [2.75, 3.05) is 11.9 Å². The molecule has 9 nitrogen and oxygen atoms in total. The van der Waals surface area contributed by atoms with Crippen LogP contribution in [0, 0.1) is 16.0 Å². The molecule has 4 aromatic carbocycles. The van der Waals surface area contributed by atoms with E-state index < -0.39 is 39.9 Å². The summed E-state index contributed by atoms with van der Waals surface area (Å²) in [5.74, 6) is -1.95. The normalized spacial score (nSPS) is 22.3. The highest BCUT2D eigenvalue weighted by molar-refractivity contribution is 6.16. The van der Waals surface area contributed by atoms with Crippen LogP contribution >= 0.6 is 0 Å². The summed E-state index contributed by atoms with van der Waals surface area (Å²) in [5.41, 5.74) is 1.49. The standard InChI is InChI=1S/C36H27N3O6/c1-2-20-45-26-16-14-23(15-17-26)32(40)30-31(33(41)24-9-7-10-25(21-24)39(43)44)38-19-18-22-8-3-4-11-27(22)34(38)36(30)28-12-5-6-13-29(28)37-35(36)42/h2-19,21,30-31,34H,1,20H2,(H,37,42)/t30-,31+,34+,36+/m0/s1. The van der Waals surface area contributed by atoms with Crippen molar-refractivity contribution in [1.82, 2.24) is 4.90 Å². The molecule has 1 N–H and O–H groups in total. The maximum Gasteiger partial charge on any atom is 0.270 e. The molecule has 1 fully saturated rings. The lowest BCUT2D eigenvalue weighted by Gasteiger charge is -2.38. The van der Waals surface area contributed by atoms with Gasteiger partial charge in [0.1, 0.15) is 23.8 Å². The van der Waals surface area contributed by atoms with E-state index in [0.717, 1.165) is 11.1 Å². The van der Waals surface area contributed by atoms with Crippen molar-refractivity contribution in [2.24, 2.45) is 5.92 Å². The van der Waals surface area contributed by atoms with E-state index >= 15 is 0 Å². The zero-order valence-corrected chi connectivity index (χ0v) is 24.0. The number of anilines is 1. The number of carbonyl (C=O) groups is 3. The molecule has 0 unspecified atom stereocenters. The minimum absolute atomic E-state index is 0.0786. The Morgan fingerprint density at radius 2 is 1.71 bits per heavy atom. The number of ketones is 2. The lowest BCUT2D eigenvalue weighted by Crippen LogP contribution is -2.49. The number of hydrogen-bond acceptors (Lipinski definition) is 7. The maximum atomic E-state index is 14.9. The Balaban J connectivity index is 1.48. The van der Waals surface area contributed by atoms with E-state index in [1.54, 1.807) is 47.5 Å². The summed E-state index contributed by atoms with van der Waals surface area (Å²) in [5, 5.41) is 14.7. The molecule has 0 bridgehead atoms. The Morgan fingerprint density at radius 3 is 2.49 bits per heavy atom. The largest absolute Gasteiger partial charge is 0.490 e. The summed E-state index contributed by atoms with van der Waals surface area (Å²) in [7, 11) is 0. The Morgan fingerprint density at radius 1 is 0.956 bits per heavy atom. The molecular weight excluding hydrogens is 570 g/mol. The Kier molecular flexibility index (Phi) is 6.66. The molecule has 3 aliphatic heterocycles. The molecule has 4 atom stereocenters. The molecule has 45 heavy (non-hydrogen) atoms. The van der Waals surface area contributed by atoms with Crippen LogP contribution in [0.5, 0.6) is 5.75 Å². The first-order chi connectivity index (χ1) is 21.9. The second-order valence-electron chi connectivity index (χ2n) is 11.2. The van der Waals surface area contributed by atoms with Gasteiger partial charge < -0.3 is 15.0 Å². The number of para-hydroxylation sites is 1. The molecule has 1 saturated heterocycles. The van der Waals surface area contributed by atoms with Crippen molar-refractivity contribution >= 4 is 34.9 Å². The Hall–Kier alpha value is -5.83. The molecule has 4 aromatic rings. The zero-order valence-electron chi connectivity index (χ0n) is 24.0. The van der Waals surface area contributed by atoms with Crippen LogP contribution in [0.1, 0.15) is 43.4 Å². The van der Waals surface area contributed by atoms with Gasteiger partial charge in [-0.3, -0.25) is 24.5 Å². The quantitative estimate of drug-likeness (QED) is 0.112. The first-order valence-electron chi connectivity index (χ1n) is 14.5. The van der Waals surface area contributed by atoms with Gasteiger partial charge in [-0.1, -0.05) is 67.3 Å². The van der Waals surface area contributed by atoms with Crippen LogP contribution in [-0.4, -0.2) is 39.9 Å². The van der Waals surface area contributed by atoms with Gasteiger partial charge >= 0.3 is 0 Å². The number of nitro benzene ring substituents is 1. The predicted molar refractivity (Wildman–Crippen MR) is 168 cm³/mol. The van der Waals surface area contributed by atoms with Crippen molar-refractivity contribution < 1.29 is 24.0 Å². The minimum Gasteiger partial charge on any atom is -0.490 e. The molecule has 9 heteroatoms. The van der Waals surface area contributed by atoms with E-state index in [-0.39, 0.29) is 23.8 Å². The van der Waals surface area contributed by atoms with E-state index in [2.05, 4.69) is 11.9 Å². The number of non-ortho nitro benzene ring substituents is 1. The highest BCUT2D eigenvalue weighted by atomic mass is 16.6. The van der Waals surface area contributed by atoms with Crippen LogP contribution in [-0.2, 0) is 10.2 Å². The number of nitrogens with zero attached hydrogens (tertiary/aromatic N) is 2. The van der Waals surface area contributed by atoms with Gasteiger partial charge in [0.2, 0.25) is 5.91 Å². The van der Waals surface area contributed by atoms with Crippen molar-refractivity contribution in [2.45, 2.75) is 17.5 Å². The Labute approximate surface area is 258 Å². The van der Waals surface area contributed by atoms with Crippen LogP contribution in [0.4, 0.5) is 11.4 Å². The summed E-state index contributed by atoms with van der Waals surface area (Å²) in [6.07, 6.45) is 5.25. The lowest BCUT2D eigenvalue weighted by atomic mass is 9.62. The predicted octanol–water partition coefficient (Wildman–Crippen LogP) is 6.14. The molecule has 3 aliphatic rings. The molecule has 1 amide bonds. The third kappa shape index (κ3) is 4.19. The first kappa shape index (κ1) is 28.0. The van der Waals surface area contributed by atoms with Gasteiger partial charge in [0.25, 0.3) is 5.69 Å². The van der Waals surface area contributed by atoms with Crippen molar-refractivity contribution in [3.63, 3.8) is 0 Å². The van der Waals surface area contributed by atoms with Crippen molar-refractivity contribution in [3.05, 3.63) is 154 Å². The monoisotopic (exact) mass is 597 g/mol. The number of carbonyl (C=O) groups excluding carboxylic acids is 3. The van der Waals surface area contributed by atoms with Crippen molar-refractivity contribution in [3.8, 4) is 5.75 Å². The molecule has 3 heterocycles. The van der Waals surface area contributed by atoms with E-state index in [9.17, 15) is 24.5 Å². The average Bonchev–Trinajstić information content (AvgIpc) is 3.55. The third-order valence-corrected chi connectivity index (χ3v) is 8.97.